The van der Waals surface area contributed by atoms with Crippen molar-refractivity contribution < 1.29 is 14.1 Å². The highest BCUT2D eigenvalue weighted by atomic mass is 35.6. The molecule has 0 saturated heterocycles. The zero-order valence-electron chi connectivity index (χ0n) is 13.2. The minimum absolute atomic E-state index is 0.135. The molecule has 1 aromatic heterocycles. The smallest absolute Gasteiger partial charge is 0.276 e. The van der Waals surface area contributed by atoms with E-state index in [1.54, 1.807) is 24.3 Å². The molecule has 1 heterocycles. The highest BCUT2D eigenvalue weighted by Crippen LogP contribution is 2.31. The van der Waals surface area contributed by atoms with Crippen molar-refractivity contribution in [2.45, 2.75) is 10.4 Å². The molecule has 9 heteroatoms. The number of halogens is 3. The van der Waals surface area contributed by atoms with E-state index in [-0.39, 0.29) is 12.5 Å². The van der Waals surface area contributed by atoms with Crippen molar-refractivity contribution >= 4 is 46.4 Å². The minimum Gasteiger partial charge on any atom is -0.485 e. The first-order valence-electron chi connectivity index (χ1n) is 7.41. The van der Waals surface area contributed by atoms with Crippen molar-refractivity contribution in [3.63, 3.8) is 0 Å². The fourth-order valence-electron chi connectivity index (χ4n) is 2.06. The van der Waals surface area contributed by atoms with Crippen LogP contribution in [0.3, 0.4) is 0 Å². The molecule has 0 aliphatic heterocycles. The Morgan fingerprint density at radius 3 is 2.50 bits per heavy atom. The highest BCUT2D eigenvalue weighted by molar-refractivity contribution is 6.76. The molecule has 0 spiro atoms. The summed E-state index contributed by atoms with van der Waals surface area (Å²) in [6.45, 7) is 0.135. The van der Waals surface area contributed by atoms with Crippen LogP contribution in [0.25, 0.3) is 11.5 Å². The first-order valence-corrected chi connectivity index (χ1v) is 8.55. The maximum Gasteiger partial charge on any atom is 0.276 e. The average molecular weight is 413 g/mol. The van der Waals surface area contributed by atoms with E-state index in [2.05, 4.69) is 15.5 Å². The molecule has 3 aromatic rings. The minimum atomic E-state index is -2.09. The third-order valence-corrected chi connectivity index (χ3v) is 3.76. The molecule has 134 valence electrons. The van der Waals surface area contributed by atoms with E-state index in [0.717, 1.165) is 0 Å². The van der Waals surface area contributed by atoms with Crippen LogP contribution in [0.5, 0.6) is 5.75 Å². The number of carbonyl (C=O) groups is 1. The molecule has 26 heavy (non-hydrogen) atoms. The Bertz CT molecular complexity index is 895. The predicted molar refractivity (Wildman–Crippen MR) is 99.4 cm³/mol. The molecule has 0 radical (unpaired) electrons. The number of nitrogens with zero attached hydrogens (tertiary/aromatic N) is 2. The number of para-hydroxylation sites is 2. The summed E-state index contributed by atoms with van der Waals surface area (Å²) in [4.78, 5) is 16.2. The van der Waals surface area contributed by atoms with E-state index in [1.165, 1.54) is 0 Å². The number of carbonyl (C=O) groups excluding carboxylic acids is 1. The van der Waals surface area contributed by atoms with Gasteiger partial charge in [0.2, 0.25) is 5.82 Å². The second kappa shape index (κ2) is 7.95. The quantitative estimate of drug-likeness (QED) is 0.619. The van der Waals surface area contributed by atoms with Gasteiger partial charge in [-0.05, 0) is 24.3 Å². The highest BCUT2D eigenvalue weighted by Gasteiger charge is 2.31. The van der Waals surface area contributed by atoms with Crippen molar-refractivity contribution in [1.29, 1.82) is 0 Å². The fourth-order valence-corrected chi connectivity index (χ4v) is 2.20. The van der Waals surface area contributed by atoms with Gasteiger partial charge in [0, 0.05) is 0 Å². The lowest BCUT2D eigenvalue weighted by Crippen LogP contribution is -2.27. The number of hydrogen-bond acceptors (Lipinski definition) is 5. The van der Waals surface area contributed by atoms with Gasteiger partial charge in [0.25, 0.3) is 15.6 Å². The second-order valence-corrected chi connectivity index (χ2v) is 7.40. The Morgan fingerprint density at radius 1 is 1.08 bits per heavy atom. The maximum atomic E-state index is 11.9. The lowest BCUT2D eigenvalue weighted by molar-refractivity contribution is -0.115. The van der Waals surface area contributed by atoms with Gasteiger partial charge in [0.05, 0.1) is 11.3 Å². The molecule has 1 N–H and O–H groups in total. The standard InChI is InChI=1S/C17H12Cl3N3O3/c18-17(19,20)16(24)21-13-9-5-4-8-12(13)15-22-14(23-26-15)10-25-11-6-2-1-3-7-11/h1-9H,10H2,(H,21,24). The van der Waals surface area contributed by atoms with Gasteiger partial charge in [0.15, 0.2) is 6.61 Å². The Hall–Kier alpha value is -2.28. The number of aromatic nitrogens is 2. The largest absolute Gasteiger partial charge is 0.485 e. The summed E-state index contributed by atoms with van der Waals surface area (Å²) in [5.41, 5.74) is 0.872. The molecule has 0 unspecified atom stereocenters. The van der Waals surface area contributed by atoms with Gasteiger partial charge in [-0.3, -0.25) is 4.79 Å². The Kier molecular flexibility index (Phi) is 5.66. The van der Waals surface area contributed by atoms with Crippen molar-refractivity contribution in [3.8, 4) is 17.2 Å². The molecule has 0 fully saturated rings. The van der Waals surface area contributed by atoms with Crippen molar-refractivity contribution in [2.75, 3.05) is 5.32 Å². The summed E-state index contributed by atoms with van der Waals surface area (Å²) in [5.74, 6) is 0.458. The molecule has 0 aliphatic rings. The normalized spacial score (nSPS) is 11.2. The fraction of sp³-hybridized carbons (Fsp3) is 0.118. The first kappa shape index (κ1) is 18.5. The Balaban J connectivity index is 1.76. The lowest BCUT2D eigenvalue weighted by Gasteiger charge is -2.13. The number of amides is 1. The molecule has 0 saturated carbocycles. The van der Waals surface area contributed by atoms with E-state index < -0.39 is 9.70 Å². The third-order valence-electron chi connectivity index (χ3n) is 3.24. The van der Waals surface area contributed by atoms with Crippen LogP contribution in [0.15, 0.2) is 59.1 Å². The number of hydrogen-bond donors (Lipinski definition) is 1. The summed E-state index contributed by atoms with van der Waals surface area (Å²) < 4.78 is 8.74. The average Bonchev–Trinajstić information content (AvgIpc) is 3.09. The zero-order chi connectivity index (χ0) is 18.6. The topological polar surface area (TPSA) is 77.2 Å². The summed E-state index contributed by atoms with van der Waals surface area (Å²) in [7, 11) is 0. The van der Waals surface area contributed by atoms with Crippen molar-refractivity contribution in [3.05, 3.63) is 60.4 Å². The van der Waals surface area contributed by atoms with Gasteiger partial charge in [-0.1, -0.05) is 70.3 Å². The van der Waals surface area contributed by atoms with Crippen molar-refractivity contribution in [2.24, 2.45) is 0 Å². The molecule has 2 aromatic carbocycles. The third kappa shape index (κ3) is 4.66. The van der Waals surface area contributed by atoms with Gasteiger partial charge in [-0.15, -0.1) is 0 Å². The van der Waals surface area contributed by atoms with Crippen LogP contribution in [-0.2, 0) is 11.4 Å². The van der Waals surface area contributed by atoms with Gasteiger partial charge in [-0.25, -0.2) is 0 Å². The first-order chi connectivity index (χ1) is 12.4. The van der Waals surface area contributed by atoms with Crippen LogP contribution in [0, 0.1) is 0 Å². The number of anilines is 1. The molecule has 6 nitrogen and oxygen atoms in total. The molecular weight excluding hydrogens is 401 g/mol. The van der Waals surface area contributed by atoms with E-state index in [9.17, 15) is 4.79 Å². The van der Waals surface area contributed by atoms with Crippen LogP contribution in [0.2, 0.25) is 0 Å². The number of benzene rings is 2. The van der Waals surface area contributed by atoms with E-state index >= 15 is 0 Å². The predicted octanol–water partition coefficient (Wildman–Crippen LogP) is 4.62. The maximum absolute atomic E-state index is 11.9. The molecule has 3 rings (SSSR count). The van der Waals surface area contributed by atoms with Crippen LogP contribution in [0.1, 0.15) is 5.82 Å². The second-order valence-electron chi connectivity index (χ2n) is 5.11. The number of nitrogens with one attached hydrogen (secondary N) is 1. The van der Waals surface area contributed by atoms with Gasteiger partial charge < -0.3 is 14.6 Å². The summed E-state index contributed by atoms with van der Waals surface area (Å²) in [6.07, 6.45) is 0. The molecule has 0 bridgehead atoms. The SMILES string of the molecule is O=C(Nc1ccccc1-c1nc(COc2ccccc2)no1)C(Cl)(Cl)Cl. The van der Waals surface area contributed by atoms with E-state index in [4.69, 9.17) is 44.1 Å². The Morgan fingerprint density at radius 2 is 1.77 bits per heavy atom. The zero-order valence-corrected chi connectivity index (χ0v) is 15.4. The van der Waals surface area contributed by atoms with E-state index in [0.29, 0.717) is 22.8 Å². The summed E-state index contributed by atoms with van der Waals surface area (Å²) in [6, 6.07) is 16.1. The van der Waals surface area contributed by atoms with Gasteiger partial charge in [-0.2, -0.15) is 4.98 Å². The van der Waals surface area contributed by atoms with Crippen LogP contribution in [-0.4, -0.2) is 19.8 Å². The monoisotopic (exact) mass is 411 g/mol. The van der Waals surface area contributed by atoms with Gasteiger partial charge >= 0.3 is 0 Å². The van der Waals surface area contributed by atoms with Crippen LogP contribution in [0.4, 0.5) is 5.69 Å². The van der Waals surface area contributed by atoms with Crippen LogP contribution >= 0.6 is 34.8 Å². The number of rotatable bonds is 5. The molecule has 0 atom stereocenters. The lowest BCUT2D eigenvalue weighted by atomic mass is 10.1. The molecule has 1 amide bonds. The number of ether oxygens (including phenoxy) is 1. The van der Waals surface area contributed by atoms with Gasteiger partial charge in [0.1, 0.15) is 5.75 Å². The van der Waals surface area contributed by atoms with Crippen molar-refractivity contribution in [1.82, 2.24) is 10.1 Å². The Labute approximate surface area is 164 Å². The van der Waals surface area contributed by atoms with E-state index in [1.807, 2.05) is 30.3 Å². The summed E-state index contributed by atoms with van der Waals surface area (Å²) in [5, 5.41) is 6.40. The molecule has 0 aliphatic carbocycles. The summed E-state index contributed by atoms with van der Waals surface area (Å²) >= 11 is 16.8. The molecular formula is C17H12Cl3N3O3. The number of alkyl halides is 3. The van der Waals surface area contributed by atoms with Crippen LogP contribution < -0.4 is 10.1 Å².